The molecule has 150 valence electrons. The fourth-order valence-electron chi connectivity index (χ4n) is 3.39. The van der Waals surface area contributed by atoms with Gasteiger partial charge in [-0.1, -0.05) is 42.1 Å². The third-order valence-corrected chi connectivity index (χ3v) is 5.94. The maximum absolute atomic E-state index is 6.10. The fourth-order valence-corrected chi connectivity index (χ4v) is 4.30. The van der Waals surface area contributed by atoms with E-state index >= 15 is 0 Å². The van der Waals surface area contributed by atoms with Gasteiger partial charge in [0.05, 0.1) is 5.69 Å². The van der Waals surface area contributed by atoms with Crippen molar-refractivity contribution in [3.63, 3.8) is 0 Å². The van der Waals surface area contributed by atoms with E-state index in [4.69, 9.17) is 9.47 Å². The monoisotopic (exact) mass is 416 g/mol. The number of nitrogens with zero attached hydrogens (tertiary/aromatic N) is 4. The molecule has 6 nitrogen and oxygen atoms in total. The van der Waals surface area contributed by atoms with E-state index in [1.54, 1.807) is 18.0 Å². The van der Waals surface area contributed by atoms with Crippen LogP contribution < -0.4 is 9.47 Å². The summed E-state index contributed by atoms with van der Waals surface area (Å²) in [6.07, 6.45) is 3.50. The molecular weight excluding hydrogens is 396 g/mol. The molecule has 0 saturated carbocycles. The molecule has 2 aromatic heterocycles. The van der Waals surface area contributed by atoms with E-state index in [1.807, 2.05) is 54.7 Å². The highest BCUT2D eigenvalue weighted by molar-refractivity contribution is 7.99. The molecule has 0 bridgehead atoms. The fraction of sp³-hybridized carbons (Fsp3) is 0.174. The Bertz CT molecular complexity index is 1160. The van der Waals surface area contributed by atoms with Crippen molar-refractivity contribution in [2.75, 3.05) is 12.4 Å². The number of thioether (sulfide) groups is 1. The summed E-state index contributed by atoms with van der Waals surface area (Å²) in [5.74, 6) is 3.04. The number of ether oxygens (including phenoxy) is 2. The van der Waals surface area contributed by atoms with Gasteiger partial charge in [-0.05, 0) is 42.8 Å². The third-order valence-electron chi connectivity index (χ3n) is 4.88. The highest BCUT2D eigenvalue weighted by Crippen LogP contribution is 2.34. The highest BCUT2D eigenvalue weighted by atomic mass is 32.2. The van der Waals surface area contributed by atoms with Crippen LogP contribution in [0.15, 0.2) is 78.2 Å². The average Bonchev–Trinajstić information content (AvgIpc) is 3.22. The van der Waals surface area contributed by atoms with Crippen LogP contribution in [-0.4, -0.2) is 38.2 Å². The lowest BCUT2D eigenvalue weighted by Crippen LogP contribution is -2.31. The molecule has 1 aliphatic rings. The lowest BCUT2D eigenvalue weighted by Gasteiger charge is -2.26. The van der Waals surface area contributed by atoms with Crippen LogP contribution in [0, 0.1) is 6.92 Å². The lowest BCUT2D eigenvalue weighted by molar-refractivity contribution is 0.107. The van der Waals surface area contributed by atoms with Gasteiger partial charge in [0.25, 0.3) is 0 Å². The Balaban J connectivity index is 1.44. The maximum Gasteiger partial charge on any atom is 0.196 e. The Kier molecular flexibility index (Phi) is 5.11. The first-order valence-corrected chi connectivity index (χ1v) is 10.7. The first-order valence-electron chi connectivity index (χ1n) is 9.73. The molecule has 0 saturated heterocycles. The van der Waals surface area contributed by atoms with Crippen molar-refractivity contribution in [1.29, 1.82) is 0 Å². The van der Waals surface area contributed by atoms with E-state index < -0.39 is 0 Å². The topological polar surface area (TPSA) is 62.1 Å². The van der Waals surface area contributed by atoms with E-state index in [9.17, 15) is 0 Å². The van der Waals surface area contributed by atoms with Crippen LogP contribution in [0.25, 0.3) is 17.1 Å². The van der Waals surface area contributed by atoms with Gasteiger partial charge in [0.15, 0.2) is 22.5 Å². The molecule has 3 heterocycles. The van der Waals surface area contributed by atoms with Gasteiger partial charge in [-0.2, -0.15) is 0 Å². The smallest absolute Gasteiger partial charge is 0.196 e. The normalized spacial score (nSPS) is 15.2. The van der Waals surface area contributed by atoms with Crippen LogP contribution in [0.4, 0.5) is 0 Å². The quantitative estimate of drug-likeness (QED) is 0.444. The van der Waals surface area contributed by atoms with E-state index in [-0.39, 0.29) is 6.10 Å². The molecule has 7 heteroatoms. The summed E-state index contributed by atoms with van der Waals surface area (Å²) < 4.78 is 14.0. The Morgan fingerprint density at radius 2 is 1.83 bits per heavy atom. The van der Waals surface area contributed by atoms with Gasteiger partial charge in [0.1, 0.15) is 12.7 Å². The molecule has 0 amide bonds. The van der Waals surface area contributed by atoms with Crippen molar-refractivity contribution in [1.82, 2.24) is 19.7 Å². The molecule has 2 aromatic carbocycles. The van der Waals surface area contributed by atoms with E-state index in [0.29, 0.717) is 12.4 Å². The van der Waals surface area contributed by atoms with Gasteiger partial charge in [-0.3, -0.25) is 9.55 Å². The number of rotatable bonds is 5. The largest absolute Gasteiger partial charge is 0.486 e. The molecule has 5 rings (SSSR count). The second kappa shape index (κ2) is 8.20. The first-order chi connectivity index (χ1) is 14.8. The minimum Gasteiger partial charge on any atom is -0.486 e. The Hall–Kier alpha value is -3.32. The average molecular weight is 417 g/mol. The van der Waals surface area contributed by atoms with Crippen LogP contribution in [0.3, 0.4) is 0 Å². The van der Waals surface area contributed by atoms with Gasteiger partial charge in [-0.25, -0.2) is 0 Å². The minimum absolute atomic E-state index is 0.0613. The Morgan fingerprint density at radius 1 is 1.00 bits per heavy atom. The van der Waals surface area contributed by atoms with Gasteiger partial charge in [0, 0.05) is 23.7 Å². The number of pyridine rings is 1. The third kappa shape index (κ3) is 3.64. The second-order valence-electron chi connectivity index (χ2n) is 6.98. The van der Waals surface area contributed by atoms with Crippen LogP contribution in [-0.2, 0) is 0 Å². The molecule has 1 aliphatic heterocycles. The number of benzene rings is 2. The summed E-state index contributed by atoms with van der Waals surface area (Å²) in [5, 5.41) is 9.78. The van der Waals surface area contributed by atoms with E-state index in [1.165, 1.54) is 0 Å². The van der Waals surface area contributed by atoms with Gasteiger partial charge < -0.3 is 9.47 Å². The maximum atomic E-state index is 6.10. The number of aromatic nitrogens is 4. The first kappa shape index (κ1) is 18.7. The summed E-state index contributed by atoms with van der Waals surface area (Å²) in [4.78, 5) is 4.24. The molecule has 0 aliphatic carbocycles. The molecule has 0 fully saturated rings. The molecule has 1 atom stereocenters. The molecular formula is C23H20N4O2S. The molecule has 0 N–H and O–H groups in total. The summed E-state index contributed by atoms with van der Waals surface area (Å²) in [6.45, 7) is 2.60. The number of hydrogen-bond acceptors (Lipinski definition) is 6. The van der Waals surface area contributed by atoms with Crippen molar-refractivity contribution in [2.45, 2.75) is 18.2 Å². The number of aryl methyl sites for hydroxylation is 1. The van der Waals surface area contributed by atoms with Crippen LogP contribution in [0.5, 0.6) is 11.5 Å². The van der Waals surface area contributed by atoms with Crippen molar-refractivity contribution >= 4 is 11.8 Å². The highest BCUT2D eigenvalue weighted by Gasteiger charge is 2.23. The summed E-state index contributed by atoms with van der Waals surface area (Å²) in [7, 11) is 0. The summed E-state index contributed by atoms with van der Waals surface area (Å²) >= 11 is 1.61. The molecule has 0 unspecified atom stereocenters. The van der Waals surface area contributed by atoms with Gasteiger partial charge >= 0.3 is 0 Å². The standard InChI is InChI=1S/C23H20N4O2S/c1-16-7-2-3-9-19(16)27-22(17-8-6-12-24-13-17)25-26-23(27)30-15-18-14-28-20-10-4-5-11-21(20)29-18/h2-13,18H,14-15H2,1H3/t18-/m0/s1. The number of fused-ring (bicyclic) bond motifs is 1. The van der Waals surface area contributed by atoms with Crippen LogP contribution in [0.2, 0.25) is 0 Å². The Labute approximate surface area is 178 Å². The zero-order chi connectivity index (χ0) is 20.3. The van der Waals surface area contributed by atoms with Crippen LogP contribution in [0.1, 0.15) is 5.56 Å². The van der Waals surface area contributed by atoms with Crippen molar-refractivity contribution in [3.05, 3.63) is 78.6 Å². The summed E-state index contributed by atoms with van der Waals surface area (Å²) in [5.41, 5.74) is 3.12. The van der Waals surface area contributed by atoms with Crippen LogP contribution >= 0.6 is 11.8 Å². The van der Waals surface area contributed by atoms with Crippen molar-refractivity contribution in [2.24, 2.45) is 0 Å². The van der Waals surface area contributed by atoms with Crippen molar-refractivity contribution < 1.29 is 9.47 Å². The van der Waals surface area contributed by atoms with E-state index in [2.05, 4.69) is 38.8 Å². The minimum atomic E-state index is -0.0613. The van der Waals surface area contributed by atoms with Gasteiger partial charge in [0.2, 0.25) is 0 Å². The molecule has 0 spiro atoms. The second-order valence-corrected chi connectivity index (χ2v) is 7.97. The van der Waals surface area contributed by atoms with E-state index in [0.717, 1.165) is 39.3 Å². The SMILES string of the molecule is Cc1ccccc1-n1c(SC[C@@H]2COc3ccccc3O2)nnc1-c1cccnc1. The predicted octanol–water partition coefficient (Wildman–Crippen LogP) is 4.57. The number of para-hydroxylation sites is 3. The molecule has 30 heavy (non-hydrogen) atoms. The van der Waals surface area contributed by atoms with Crippen molar-refractivity contribution in [3.8, 4) is 28.6 Å². The number of hydrogen-bond donors (Lipinski definition) is 0. The zero-order valence-corrected chi connectivity index (χ0v) is 17.2. The Morgan fingerprint density at radius 3 is 2.67 bits per heavy atom. The molecule has 4 aromatic rings. The lowest BCUT2D eigenvalue weighted by atomic mass is 10.2. The zero-order valence-electron chi connectivity index (χ0n) is 16.4. The van der Waals surface area contributed by atoms with Gasteiger partial charge in [-0.15, -0.1) is 10.2 Å². The summed E-state index contributed by atoms with van der Waals surface area (Å²) in [6, 6.07) is 19.9. The predicted molar refractivity (Wildman–Crippen MR) is 116 cm³/mol. The molecule has 0 radical (unpaired) electrons.